The molecule has 0 radical (unpaired) electrons. The number of ether oxygens (including phenoxy) is 1. The molecule has 2 heterocycles. The molecule has 0 atom stereocenters. The van der Waals surface area contributed by atoms with Crippen molar-refractivity contribution in [2.45, 2.75) is 24.9 Å². The lowest BCUT2D eigenvalue weighted by atomic mass is 10.3. The van der Waals surface area contributed by atoms with Crippen LogP contribution in [-0.2, 0) is 27.9 Å². The molecule has 0 fully saturated rings. The summed E-state index contributed by atoms with van der Waals surface area (Å²) in [7, 11) is -3.93. The fourth-order valence-corrected chi connectivity index (χ4v) is 3.89. The Balaban J connectivity index is 1.83. The van der Waals surface area contributed by atoms with E-state index in [1.54, 1.807) is 11.6 Å². The van der Waals surface area contributed by atoms with Gasteiger partial charge in [0.1, 0.15) is 11.6 Å². The van der Waals surface area contributed by atoms with E-state index < -0.39 is 28.4 Å². The van der Waals surface area contributed by atoms with E-state index in [0.717, 1.165) is 12.1 Å². The zero-order valence-electron chi connectivity index (χ0n) is 13.2. The van der Waals surface area contributed by atoms with E-state index in [4.69, 9.17) is 9.84 Å². The molecule has 0 bridgehead atoms. The number of carbonyl (C=O) groups is 1. The smallest absolute Gasteiger partial charge is 0.341 e. The number of aliphatic carboxylic acids is 1. The van der Waals surface area contributed by atoms with Crippen LogP contribution in [0.1, 0.15) is 11.6 Å². The average Bonchev–Trinajstić information content (AvgIpc) is 2.92. The van der Waals surface area contributed by atoms with Gasteiger partial charge < -0.3 is 9.84 Å². The van der Waals surface area contributed by atoms with Gasteiger partial charge in [-0.15, -0.1) is 0 Å². The molecule has 134 valence electrons. The summed E-state index contributed by atoms with van der Waals surface area (Å²) in [6.07, 6.45) is 0. The van der Waals surface area contributed by atoms with Gasteiger partial charge in [0.25, 0.3) is 0 Å². The number of nitrogens with zero attached hydrogens (tertiary/aromatic N) is 4. The van der Waals surface area contributed by atoms with E-state index in [2.05, 4.69) is 10.1 Å². The molecule has 2 aromatic rings. The van der Waals surface area contributed by atoms with E-state index >= 15 is 0 Å². The third-order valence-corrected chi connectivity index (χ3v) is 5.47. The molecule has 1 aliphatic heterocycles. The quantitative estimate of drug-likeness (QED) is 0.810. The molecule has 1 aromatic heterocycles. The zero-order chi connectivity index (χ0) is 18.2. The number of fused-ring (bicyclic) bond motifs is 1. The Bertz CT molecular complexity index is 927. The molecule has 25 heavy (non-hydrogen) atoms. The third kappa shape index (κ3) is 3.46. The molecule has 9 nitrogen and oxygen atoms in total. The fourth-order valence-electron chi connectivity index (χ4n) is 2.49. The molecular formula is C14H15FN4O5S. The van der Waals surface area contributed by atoms with Crippen molar-refractivity contribution >= 4 is 16.0 Å². The number of carboxylic acid groups (broad SMARTS) is 1. The SMILES string of the molecule is Cc1nc2n(n1)CCN(S(=O)(=O)c1ccc(OCC(=O)O)c(F)c1)C2. The molecule has 0 spiro atoms. The van der Waals surface area contributed by atoms with Crippen molar-refractivity contribution < 1.29 is 27.4 Å². The van der Waals surface area contributed by atoms with Crippen LogP contribution in [0.4, 0.5) is 4.39 Å². The van der Waals surface area contributed by atoms with Crippen molar-refractivity contribution in [3.05, 3.63) is 35.7 Å². The van der Waals surface area contributed by atoms with Crippen LogP contribution in [0.3, 0.4) is 0 Å². The summed E-state index contributed by atoms with van der Waals surface area (Å²) < 4.78 is 47.0. The second-order valence-electron chi connectivity index (χ2n) is 5.41. The van der Waals surface area contributed by atoms with Crippen LogP contribution in [0.15, 0.2) is 23.1 Å². The number of halogens is 1. The molecule has 0 amide bonds. The summed E-state index contributed by atoms with van der Waals surface area (Å²) >= 11 is 0. The van der Waals surface area contributed by atoms with Gasteiger partial charge in [-0.25, -0.2) is 27.3 Å². The van der Waals surface area contributed by atoms with Crippen LogP contribution >= 0.6 is 0 Å². The molecule has 1 aliphatic rings. The lowest BCUT2D eigenvalue weighted by molar-refractivity contribution is -0.139. The van der Waals surface area contributed by atoms with Crippen molar-refractivity contribution in [2.75, 3.05) is 13.2 Å². The maximum absolute atomic E-state index is 14.0. The zero-order valence-corrected chi connectivity index (χ0v) is 14.0. The monoisotopic (exact) mass is 370 g/mol. The maximum Gasteiger partial charge on any atom is 0.341 e. The van der Waals surface area contributed by atoms with Gasteiger partial charge in [0.2, 0.25) is 10.0 Å². The van der Waals surface area contributed by atoms with Crippen LogP contribution in [0.2, 0.25) is 0 Å². The molecule has 11 heteroatoms. The Morgan fingerprint density at radius 3 is 2.84 bits per heavy atom. The van der Waals surface area contributed by atoms with Crippen LogP contribution in [0.25, 0.3) is 0 Å². The number of aryl methyl sites for hydroxylation is 1. The number of sulfonamides is 1. The number of rotatable bonds is 5. The summed E-state index contributed by atoms with van der Waals surface area (Å²) in [6.45, 7) is 1.59. The number of aromatic nitrogens is 3. The van der Waals surface area contributed by atoms with E-state index in [-0.39, 0.29) is 23.7 Å². The summed E-state index contributed by atoms with van der Waals surface area (Å²) in [5, 5.41) is 12.7. The summed E-state index contributed by atoms with van der Waals surface area (Å²) in [5.41, 5.74) is 0. The van der Waals surface area contributed by atoms with Gasteiger partial charge in [0.15, 0.2) is 18.2 Å². The summed E-state index contributed by atoms with van der Waals surface area (Å²) in [4.78, 5) is 14.4. The van der Waals surface area contributed by atoms with Gasteiger partial charge in [-0.2, -0.15) is 9.40 Å². The number of benzene rings is 1. The lowest BCUT2D eigenvalue weighted by Crippen LogP contribution is -2.38. The van der Waals surface area contributed by atoms with Crippen LogP contribution < -0.4 is 4.74 Å². The van der Waals surface area contributed by atoms with Crippen LogP contribution in [-0.4, -0.2) is 51.7 Å². The van der Waals surface area contributed by atoms with Crippen molar-refractivity contribution in [3.63, 3.8) is 0 Å². The van der Waals surface area contributed by atoms with Crippen molar-refractivity contribution in [2.24, 2.45) is 0 Å². The molecule has 0 aliphatic carbocycles. The number of hydrogen-bond acceptors (Lipinski definition) is 6. The van der Waals surface area contributed by atoms with Crippen molar-refractivity contribution in [1.29, 1.82) is 0 Å². The Morgan fingerprint density at radius 1 is 1.40 bits per heavy atom. The first-order chi connectivity index (χ1) is 11.8. The van der Waals surface area contributed by atoms with Gasteiger partial charge in [0.05, 0.1) is 18.0 Å². The topological polar surface area (TPSA) is 115 Å². The number of carboxylic acids is 1. The second kappa shape index (κ2) is 6.41. The first-order valence-corrected chi connectivity index (χ1v) is 8.76. The van der Waals surface area contributed by atoms with Gasteiger partial charge in [0, 0.05) is 6.54 Å². The van der Waals surface area contributed by atoms with Crippen molar-refractivity contribution in [1.82, 2.24) is 19.1 Å². The maximum atomic E-state index is 14.0. The van der Waals surface area contributed by atoms with Gasteiger partial charge in [-0.05, 0) is 25.1 Å². The molecule has 0 unspecified atom stereocenters. The van der Waals surface area contributed by atoms with Gasteiger partial charge >= 0.3 is 5.97 Å². The Kier molecular flexibility index (Phi) is 4.43. The summed E-state index contributed by atoms with van der Waals surface area (Å²) in [5.74, 6) is -1.45. The predicted molar refractivity (Wildman–Crippen MR) is 81.9 cm³/mol. The molecule has 0 saturated carbocycles. The minimum Gasteiger partial charge on any atom is -0.479 e. The van der Waals surface area contributed by atoms with Crippen LogP contribution in [0.5, 0.6) is 5.75 Å². The van der Waals surface area contributed by atoms with Gasteiger partial charge in [-0.3, -0.25) is 0 Å². The van der Waals surface area contributed by atoms with Crippen molar-refractivity contribution in [3.8, 4) is 5.75 Å². The highest BCUT2D eigenvalue weighted by Crippen LogP contribution is 2.25. The Labute approximate surface area is 142 Å². The standard InChI is InChI=1S/C14H15FN4O5S/c1-9-16-13-7-18(4-5-19(13)17-9)25(22,23)10-2-3-12(11(15)6-10)24-8-14(20)21/h2-3,6H,4-5,7-8H2,1H3,(H,20,21). The second-order valence-corrected chi connectivity index (χ2v) is 7.35. The summed E-state index contributed by atoms with van der Waals surface area (Å²) in [6, 6.07) is 3.10. The van der Waals surface area contributed by atoms with Gasteiger partial charge in [-0.1, -0.05) is 0 Å². The van der Waals surface area contributed by atoms with Crippen LogP contribution in [0, 0.1) is 12.7 Å². The van der Waals surface area contributed by atoms with E-state index in [1.807, 2.05) is 0 Å². The first kappa shape index (κ1) is 17.3. The highest BCUT2D eigenvalue weighted by molar-refractivity contribution is 7.89. The predicted octanol–water partition coefficient (Wildman–Crippen LogP) is 0.394. The highest BCUT2D eigenvalue weighted by atomic mass is 32.2. The Morgan fingerprint density at radius 2 is 2.16 bits per heavy atom. The van der Waals surface area contributed by atoms with E-state index in [1.165, 1.54) is 10.4 Å². The van der Waals surface area contributed by atoms with E-state index in [9.17, 15) is 17.6 Å². The molecule has 1 aromatic carbocycles. The first-order valence-electron chi connectivity index (χ1n) is 7.32. The average molecular weight is 370 g/mol. The lowest BCUT2D eigenvalue weighted by Gasteiger charge is -2.26. The minimum absolute atomic E-state index is 0.0437. The molecule has 0 saturated heterocycles. The fraction of sp³-hybridized carbons (Fsp3) is 0.357. The molecular weight excluding hydrogens is 355 g/mol. The number of hydrogen-bond donors (Lipinski definition) is 1. The highest BCUT2D eigenvalue weighted by Gasteiger charge is 2.30. The molecule has 1 N–H and O–H groups in total. The largest absolute Gasteiger partial charge is 0.479 e. The minimum atomic E-state index is -3.93. The third-order valence-electron chi connectivity index (χ3n) is 3.63. The normalized spacial score (nSPS) is 15.0. The molecule has 3 rings (SSSR count). The van der Waals surface area contributed by atoms with E-state index in [0.29, 0.717) is 18.2 Å². The Hall–Kier alpha value is -2.53.